The van der Waals surface area contributed by atoms with Crippen molar-refractivity contribution in [2.75, 3.05) is 19.5 Å². The molecule has 1 aromatic heterocycles. The SMILES string of the molecule is COC(=O)c1ccccc1NC(=O)Cn1ccc2cc(OC)ccc21. The summed E-state index contributed by atoms with van der Waals surface area (Å²) < 4.78 is 11.8. The molecule has 128 valence electrons. The van der Waals surface area contributed by atoms with Crippen LogP contribution in [0.4, 0.5) is 5.69 Å². The fraction of sp³-hybridized carbons (Fsp3) is 0.158. The second-order valence-electron chi connectivity index (χ2n) is 5.45. The third kappa shape index (κ3) is 3.47. The molecular formula is C19H18N2O4. The molecule has 3 aromatic rings. The normalized spacial score (nSPS) is 10.5. The van der Waals surface area contributed by atoms with Crippen LogP contribution in [0.25, 0.3) is 10.9 Å². The van der Waals surface area contributed by atoms with Crippen LogP contribution in [-0.2, 0) is 16.1 Å². The Morgan fingerprint density at radius 1 is 1.08 bits per heavy atom. The molecule has 6 nitrogen and oxygen atoms in total. The second kappa shape index (κ2) is 7.09. The standard InChI is InChI=1S/C19H18N2O4/c1-24-14-7-8-17-13(11-14)9-10-21(17)12-18(22)20-16-6-4-3-5-15(16)19(23)25-2/h3-11H,12H2,1-2H3,(H,20,22). The molecule has 0 aliphatic heterocycles. The molecule has 0 spiro atoms. The molecule has 3 rings (SSSR count). The number of para-hydroxylation sites is 1. The van der Waals surface area contributed by atoms with Gasteiger partial charge < -0.3 is 19.4 Å². The van der Waals surface area contributed by atoms with E-state index in [1.807, 2.05) is 35.0 Å². The number of amides is 1. The van der Waals surface area contributed by atoms with Crippen molar-refractivity contribution in [2.24, 2.45) is 0 Å². The first kappa shape index (κ1) is 16.6. The van der Waals surface area contributed by atoms with Crippen LogP contribution in [0.2, 0.25) is 0 Å². The number of fused-ring (bicyclic) bond motifs is 1. The number of anilines is 1. The summed E-state index contributed by atoms with van der Waals surface area (Å²) in [6, 6.07) is 14.3. The number of hydrogen-bond acceptors (Lipinski definition) is 4. The van der Waals surface area contributed by atoms with Crippen LogP contribution in [0.3, 0.4) is 0 Å². The molecule has 1 N–H and O–H groups in total. The Hall–Kier alpha value is -3.28. The maximum absolute atomic E-state index is 12.4. The number of carbonyl (C=O) groups excluding carboxylic acids is 2. The molecule has 25 heavy (non-hydrogen) atoms. The lowest BCUT2D eigenvalue weighted by molar-refractivity contribution is -0.116. The van der Waals surface area contributed by atoms with Gasteiger partial charge in [0.25, 0.3) is 0 Å². The summed E-state index contributed by atoms with van der Waals surface area (Å²) in [5.74, 6) is 0.0424. The lowest BCUT2D eigenvalue weighted by atomic mass is 10.2. The van der Waals surface area contributed by atoms with Crippen LogP contribution in [0.15, 0.2) is 54.7 Å². The van der Waals surface area contributed by atoms with Gasteiger partial charge in [0, 0.05) is 17.1 Å². The summed E-state index contributed by atoms with van der Waals surface area (Å²) in [5, 5.41) is 3.75. The first-order valence-electron chi connectivity index (χ1n) is 7.72. The largest absolute Gasteiger partial charge is 0.497 e. The quantitative estimate of drug-likeness (QED) is 0.726. The fourth-order valence-electron chi connectivity index (χ4n) is 2.67. The number of hydrogen-bond donors (Lipinski definition) is 1. The zero-order chi connectivity index (χ0) is 17.8. The smallest absolute Gasteiger partial charge is 0.339 e. The summed E-state index contributed by atoms with van der Waals surface area (Å²) >= 11 is 0. The van der Waals surface area contributed by atoms with Crippen molar-refractivity contribution in [1.82, 2.24) is 4.57 Å². The molecule has 0 atom stereocenters. The van der Waals surface area contributed by atoms with Gasteiger partial charge in [0.15, 0.2) is 0 Å². The van der Waals surface area contributed by atoms with Gasteiger partial charge in [0.2, 0.25) is 5.91 Å². The van der Waals surface area contributed by atoms with Gasteiger partial charge >= 0.3 is 5.97 Å². The summed E-state index contributed by atoms with van der Waals surface area (Å²) in [6.07, 6.45) is 1.84. The average Bonchev–Trinajstić information content (AvgIpc) is 3.03. The van der Waals surface area contributed by atoms with Crippen LogP contribution in [0.1, 0.15) is 10.4 Å². The van der Waals surface area contributed by atoms with Crippen LogP contribution in [-0.4, -0.2) is 30.7 Å². The van der Waals surface area contributed by atoms with E-state index in [-0.39, 0.29) is 12.5 Å². The Morgan fingerprint density at radius 3 is 2.64 bits per heavy atom. The van der Waals surface area contributed by atoms with E-state index >= 15 is 0 Å². The molecule has 6 heteroatoms. The summed E-state index contributed by atoms with van der Waals surface area (Å²) in [5.41, 5.74) is 1.68. The van der Waals surface area contributed by atoms with Crippen molar-refractivity contribution >= 4 is 28.5 Å². The van der Waals surface area contributed by atoms with Crippen LogP contribution < -0.4 is 10.1 Å². The van der Waals surface area contributed by atoms with Gasteiger partial charge in [0.05, 0.1) is 25.5 Å². The topological polar surface area (TPSA) is 69.6 Å². The first-order chi connectivity index (χ1) is 12.1. The molecule has 0 saturated heterocycles. The van der Waals surface area contributed by atoms with E-state index in [2.05, 4.69) is 5.32 Å². The number of carbonyl (C=O) groups is 2. The molecule has 0 radical (unpaired) electrons. The van der Waals surface area contributed by atoms with Gasteiger partial charge in [0.1, 0.15) is 12.3 Å². The Morgan fingerprint density at radius 2 is 1.88 bits per heavy atom. The highest BCUT2D eigenvalue weighted by atomic mass is 16.5. The Kier molecular flexibility index (Phi) is 4.70. The minimum atomic E-state index is -0.491. The Balaban J connectivity index is 1.79. The van der Waals surface area contributed by atoms with Crippen molar-refractivity contribution < 1.29 is 19.1 Å². The zero-order valence-corrected chi connectivity index (χ0v) is 14.0. The molecule has 0 fully saturated rings. The average molecular weight is 338 g/mol. The van der Waals surface area contributed by atoms with Crippen molar-refractivity contribution in [3.63, 3.8) is 0 Å². The maximum atomic E-state index is 12.4. The van der Waals surface area contributed by atoms with Gasteiger partial charge in [-0.15, -0.1) is 0 Å². The highest BCUT2D eigenvalue weighted by molar-refractivity contribution is 6.01. The van der Waals surface area contributed by atoms with E-state index in [4.69, 9.17) is 9.47 Å². The van der Waals surface area contributed by atoms with Crippen molar-refractivity contribution in [2.45, 2.75) is 6.54 Å². The summed E-state index contributed by atoms with van der Waals surface area (Å²) in [6.45, 7) is 0.130. The summed E-state index contributed by atoms with van der Waals surface area (Å²) in [4.78, 5) is 24.2. The number of rotatable bonds is 5. The second-order valence-corrected chi connectivity index (χ2v) is 5.45. The number of ether oxygens (including phenoxy) is 2. The van der Waals surface area contributed by atoms with E-state index in [1.54, 1.807) is 31.4 Å². The van der Waals surface area contributed by atoms with E-state index in [0.29, 0.717) is 11.3 Å². The number of esters is 1. The monoisotopic (exact) mass is 338 g/mol. The lowest BCUT2D eigenvalue weighted by Gasteiger charge is -2.11. The minimum absolute atomic E-state index is 0.130. The third-order valence-electron chi connectivity index (χ3n) is 3.90. The Labute approximate surface area is 145 Å². The van der Waals surface area contributed by atoms with E-state index in [1.165, 1.54) is 7.11 Å². The number of methoxy groups -OCH3 is 2. The zero-order valence-electron chi connectivity index (χ0n) is 14.0. The fourth-order valence-corrected chi connectivity index (χ4v) is 2.67. The van der Waals surface area contributed by atoms with Crippen LogP contribution in [0.5, 0.6) is 5.75 Å². The van der Waals surface area contributed by atoms with Crippen molar-refractivity contribution in [1.29, 1.82) is 0 Å². The molecule has 0 aliphatic carbocycles. The van der Waals surface area contributed by atoms with Crippen LogP contribution in [0, 0.1) is 0 Å². The molecule has 0 aliphatic rings. The highest BCUT2D eigenvalue weighted by Crippen LogP contribution is 2.22. The number of nitrogens with one attached hydrogen (secondary N) is 1. The van der Waals surface area contributed by atoms with Gasteiger partial charge in [-0.2, -0.15) is 0 Å². The van der Waals surface area contributed by atoms with Gasteiger partial charge in [-0.05, 0) is 36.4 Å². The van der Waals surface area contributed by atoms with E-state index < -0.39 is 5.97 Å². The number of benzene rings is 2. The predicted octanol–water partition coefficient (Wildman–Crippen LogP) is 3.08. The maximum Gasteiger partial charge on any atom is 0.339 e. The summed E-state index contributed by atoms with van der Waals surface area (Å²) in [7, 11) is 2.92. The molecule has 0 saturated carbocycles. The number of nitrogens with zero attached hydrogens (tertiary/aromatic N) is 1. The molecule has 0 unspecified atom stereocenters. The molecule has 0 bridgehead atoms. The van der Waals surface area contributed by atoms with Crippen molar-refractivity contribution in [3.05, 3.63) is 60.3 Å². The first-order valence-corrected chi connectivity index (χ1v) is 7.72. The highest BCUT2D eigenvalue weighted by Gasteiger charge is 2.14. The van der Waals surface area contributed by atoms with Gasteiger partial charge in [-0.3, -0.25) is 4.79 Å². The molecular weight excluding hydrogens is 320 g/mol. The van der Waals surface area contributed by atoms with Gasteiger partial charge in [-0.25, -0.2) is 4.79 Å². The Bertz CT molecular complexity index is 930. The van der Waals surface area contributed by atoms with E-state index in [0.717, 1.165) is 16.7 Å². The predicted molar refractivity (Wildman–Crippen MR) is 94.9 cm³/mol. The van der Waals surface area contributed by atoms with Crippen LogP contribution >= 0.6 is 0 Å². The minimum Gasteiger partial charge on any atom is -0.497 e. The van der Waals surface area contributed by atoms with E-state index in [9.17, 15) is 9.59 Å². The van der Waals surface area contributed by atoms with Crippen molar-refractivity contribution in [3.8, 4) is 5.75 Å². The molecule has 1 amide bonds. The lowest BCUT2D eigenvalue weighted by Crippen LogP contribution is -2.20. The van der Waals surface area contributed by atoms with Gasteiger partial charge in [-0.1, -0.05) is 12.1 Å². The third-order valence-corrected chi connectivity index (χ3v) is 3.90. The molecule has 1 heterocycles. The number of aromatic nitrogens is 1. The molecule has 2 aromatic carbocycles.